The van der Waals surface area contributed by atoms with Crippen molar-refractivity contribution in [3.8, 4) is 0 Å². The molecule has 2 aromatic heterocycles. The maximum absolute atomic E-state index is 4.77. The summed E-state index contributed by atoms with van der Waals surface area (Å²) in [4.78, 5) is 13.6. The first-order valence-corrected chi connectivity index (χ1v) is 7.12. The molecule has 0 amide bonds. The van der Waals surface area contributed by atoms with Gasteiger partial charge in [-0.3, -0.25) is 4.98 Å². The third kappa shape index (κ3) is 3.43. The van der Waals surface area contributed by atoms with Crippen LogP contribution in [0.15, 0.2) is 48.8 Å². The summed E-state index contributed by atoms with van der Waals surface area (Å²) >= 11 is 0. The van der Waals surface area contributed by atoms with Crippen LogP contribution < -0.4 is 0 Å². The van der Waals surface area contributed by atoms with Crippen LogP contribution in [0.4, 0.5) is 0 Å². The predicted octanol–water partition coefficient (Wildman–Crippen LogP) is 4.68. The highest BCUT2D eigenvalue weighted by molar-refractivity contribution is 5.80. The van der Waals surface area contributed by atoms with Gasteiger partial charge in [-0.25, -0.2) is 9.97 Å². The van der Waals surface area contributed by atoms with Crippen LogP contribution in [0, 0.1) is 0 Å². The Hall–Kier alpha value is -2.29. The van der Waals surface area contributed by atoms with E-state index in [-0.39, 0.29) is 5.92 Å². The van der Waals surface area contributed by atoms with E-state index in [4.69, 9.17) is 9.97 Å². The minimum absolute atomic E-state index is 0.284. The summed E-state index contributed by atoms with van der Waals surface area (Å²) < 4.78 is 0. The molecule has 0 aromatic carbocycles. The van der Waals surface area contributed by atoms with E-state index in [1.807, 2.05) is 18.2 Å². The van der Waals surface area contributed by atoms with Crippen LogP contribution in [-0.2, 0) is 0 Å². The Balaban J connectivity index is 2.70. The van der Waals surface area contributed by atoms with Gasteiger partial charge >= 0.3 is 0 Å². The summed E-state index contributed by atoms with van der Waals surface area (Å²) in [6, 6.07) is 1.89. The molecule has 2 rings (SSSR count). The van der Waals surface area contributed by atoms with E-state index in [1.165, 1.54) is 5.57 Å². The van der Waals surface area contributed by atoms with Gasteiger partial charge in [-0.05, 0) is 25.8 Å². The predicted molar refractivity (Wildman–Crippen MR) is 89.0 cm³/mol. The molecule has 0 atom stereocenters. The zero-order valence-electron chi connectivity index (χ0n) is 13.1. The second kappa shape index (κ2) is 6.44. The zero-order chi connectivity index (χ0) is 15.4. The average Bonchev–Trinajstić information content (AvgIpc) is 2.46. The van der Waals surface area contributed by atoms with Gasteiger partial charge in [0, 0.05) is 11.8 Å². The van der Waals surface area contributed by atoms with Crippen molar-refractivity contribution in [1.82, 2.24) is 15.0 Å². The van der Waals surface area contributed by atoms with Crippen molar-refractivity contribution >= 4 is 16.6 Å². The second-order valence-corrected chi connectivity index (χ2v) is 5.55. The fraction of sp³-hybridized carbons (Fsp3) is 0.278. The lowest BCUT2D eigenvalue weighted by atomic mass is 10.0. The number of allylic oxidation sites excluding steroid dienone is 5. The minimum atomic E-state index is 0.284. The first-order chi connectivity index (χ1) is 10.0. The number of hydrogen-bond donors (Lipinski definition) is 0. The molecule has 21 heavy (non-hydrogen) atoms. The highest BCUT2D eigenvalue weighted by Crippen LogP contribution is 2.25. The van der Waals surface area contributed by atoms with Crippen molar-refractivity contribution in [3.05, 3.63) is 60.2 Å². The molecule has 0 aliphatic heterocycles. The molecule has 2 heterocycles. The minimum Gasteiger partial charge on any atom is -0.262 e. The summed E-state index contributed by atoms with van der Waals surface area (Å²) in [5, 5.41) is 0. The molecule has 0 saturated heterocycles. The molecule has 0 saturated carbocycles. The Morgan fingerprint density at radius 2 is 1.90 bits per heavy atom. The molecule has 3 heteroatoms. The second-order valence-electron chi connectivity index (χ2n) is 5.55. The lowest BCUT2D eigenvalue weighted by Gasteiger charge is -2.12. The fourth-order valence-corrected chi connectivity index (χ4v) is 2.03. The number of nitrogens with zero attached hydrogens (tertiary/aromatic N) is 3. The molecule has 2 aromatic rings. The molecule has 0 bridgehead atoms. The van der Waals surface area contributed by atoms with Gasteiger partial charge in [0.15, 0.2) is 0 Å². The molecular weight excluding hydrogens is 258 g/mol. The van der Waals surface area contributed by atoms with Gasteiger partial charge in [0.25, 0.3) is 0 Å². The molecule has 0 radical (unpaired) electrons. The molecule has 0 N–H and O–H groups in total. The van der Waals surface area contributed by atoms with Crippen molar-refractivity contribution in [3.63, 3.8) is 0 Å². The SMILES string of the molecule is C=C/C(=C\C=C(C)C)c1nc2ccncc2nc1C(C)C. The van der Waals surface area contributed by atoms with Crippen LogP contribution >= 0.6 is 0 Å². The van der Waals surface area contributed by atoms with Gasteiger partial charge in [0.1, 0.15) is 5.52 Å². The number of fused-ring (bicyclic) bond motifs is 1. The van der Waals surface area contributed by atoms with E-state index < -0.39 is 0 Å². The van der Waals surface area contributed by atoms with Gasteiger partial charge in [0.2, 0.25) is 0 Å². The molecule has 0 aliphatic carbocycles. The van der Waals surface area contributed by atoms with E-state index in [2.05, 4.69) is 45.3 Å². The topological polar surface area (TPSA) is 38.7 Å². The monoisotopic (exact) mass is 279 g/mol. The Morgan fingerprint density at radius 1 is 1.14 bits per heavy atom. The molecule has 0 aliphatic rings. The normalized spacial score (nSPS) is 11.8. The first-order valence-electron chi connectivity index (χ1n) is 7.12. The molecular formula is C18H21N3. The van der Waals surface area contributed by atoms with Crippen molar-refractivity contribution in [2.45, 2.75) is 33.6 Å². The number of aromatic nitrogens is 3. The summed E-state index contributed by atoms with van der Waals surface area (Å²) in [6.45, 7) is 12.3. The third-order valence-corrected chi connectivity index (χ3v) is 3.13. The van der Waals surface area contributed by atoms with Crippen LogP contribution in [0.3, 0.4) is 0 Å². The zero-order valence-corrected chi connectivity index (χ0v) is 13.1. The van der Waals surface area contributed by atoms with E-state index in [0.29, 0.717) is 0 Å². The smallest absolute Gasteiger partial charge is 0.107 e. The summed E-state index contributed by atoms with van der Waals surface area (Å²) in [5.41, 5.74) is 5.79. The Labute approximate surface area is 126 Å². The average molecular weight is 279 g/mol. The lowest BCUT2D eigenvalue weighted by Crippen LogP contribution is -2.03. The van der Waals surface area contributed by atoms with E-state index in [9.17, 15) is 0 Å². The standard InChI is InChI=1S/C18H21N3/c1-6-14(8-7-12(2)3)18-17(13(4)5)21-16-11-19-10-9-15(16)20-18/h6-11,13H,1H2,2-5H3/b14-8+. The van der Waals surface area contributed by atoms with Crippen LogP contribution in [0.1, 0.15) is 45.0 Å². The van der Waals surface area contributed by atoms with Gasteiger partial charge in [-0.15, -0.1) is 0 Å². The summed E-state index contributed by atoms with van der Waals surface area (Å²) in [5.74, 6) is 0.284. The molecule has 3 nitrogen and oxygen atoms in total. The quantitative estimate of drug-likeness (QED) is 0.762. The fourth-order valence-electron chi connectivity index (χ4n) is 2.03. The Kier molecular flexibility index (Phi) is 4.63. The number of hydrogen-bond acceptors (Lipinski definition) is 3. The molecule has 108 valence electrons. The molecule has 0 fully saturated rings. The largest absolute Gasteiger partial charge is 0.262 e. The summed E-state index contributed by atoms with van der Waals surface area (Å²) in [6.07, 6.45) is 9.45. The van der Waals surface area contributed by atoms with E-state index >= 15 is 0 Å². The number of pyridine rings is 1. The van der Waals surface area contributed by atoms with Gasteiger partial charge in [-0.2, -0.15) is 0 Å². The third-order valence-electron chi connectivity index (χ3n) is 3.13. The van der Waals surface area contributed by atoms with E-state index in [1.54, 1.807) is 12.4 Å². The molecule has 0 unspecified atom stereocenters. The van der Waals surface area contributed by atoms with Gasteiger partial charge in [0.05, 0.1) is 23.1 Å². The van der Waals surface area contributed by atoms with Gasteiger partial charge in [-0.1, -0.05) is 44.2 Å². The highest BCUT2D eigenvalue weighted by atomic mass is 14.9. The van der Waals surface area contributed by atoms with Crippen molar-refractivity contribution < 1.29 is 0 Å². The van der Waals surface area contributed by atoms with Crippen LogP contribution in [0.2, 0.25) is 0 Å². The molecule has 0 spiro atoms. The summed E-state index contributed by atoms with van der Waals surface area (Å²) in [7, 11) is 0. The van der Waals surface area contributed by atoms with Crippen molar-refractivity contribution in [1.29, 1.82) is 0 Å². The van der Waals surface area contributed by atoms with Crippen LogP contribution in [-0.4, -0.2) is 15.0 Å². The highest BCUT2D eigenvalue weighted by Gasteiger charge is 2.14. The first kappa shape index (κ1) is 15.1. The number of rotatable bonds is 4. The van der Waals surface area contributed by atoms with Crippen molar-refractivity contribution in [2.24, 2.45) is 0 Å². The van der Waals surface area contributed by atoms with Crippen molar-refractivity contribution in [2.75, 3.05) is 0 Å². The Morgan fingerprint density at radius 3 is 2.52 bits per heavy atom. The van der Waals surface area contributed by atoms with E-state index in [0.717, 1.165) is 28.0 Å². The Bertz CT molecular complexity index is 720. The van der Waals surface area contributed by atoms with Crippen LogP contribution in [0.25, 0.3) is 16.6 Å². The van der Waals surface area contributed by atoms with Gasteiger partial charge < -0.3 is 0 Å². The maximum atomic E-state index is 4.77. The van der Waals surface area contributed by atoms with Crippen LogP contribution in [0.5, 0.6) is 0 Å². The lowest BCUT2D eigenvalue weighted by molar-refractivity contribution is 0.816. The maximum Gasteiger partial charge on any atom is 0.107 e.